The van der Waals surface area contributed by atoms with Crippen molar-refractivity contribution in [2.45, 2.75) is 6.92 Å². The number of aryl methyl sites for hydroxylation is 1. The van der Waals surface area contributed by atoms with E-state index >= 15 is 0 Å². The van der Waals surface area contributed by atoms with Gasteiger partial charge in [0, 0.05) is 5.75 Å². The number of nitrogens with one attached hydrogen (secondary N) is 1. The van der Waals surface area contributed by atoms with E-state index < -0.39 is 11.7 Å². The number of hydrogen-bond acceptors (Lipinski definition) is 3. The Bertz CT molecular complexity index is 741. The highest BCUT2D eigenvalue weighted by Crippen LogP contribution is 2.22. The molecule has 3 nitrogen and oxygen atoms in total. The smallest absolute Gasteiger partial charge is 0.260 e. The first-order chi connectivity index (χ1) is 10.6. The maximum absolute atomic E-state index is 14.2. The van der Waals surface area contributed by atoms with E-state index in [2.05, 4.69) is 10.3 Å². The number of carbonyl (C=O) groups excluding carboxylic acids is 1. The average Bonchev–Trinajstić information content (AvgIpc) is 3.00. The van der Waals surface area contributed by atoms with Gasteiger partial charge in [0.05, 0.1) is 12.1 Å². The predicted molar refractivity (Wildman–Crippen MR) is 88.8 cm³/mol. The van der Waals surface area contributed by atoms with Crippen LogP contribution in [0.4, 0.5) is 4.39 Å². The first-order valence-electron chi connectivity index (χ1n) is 6.99. The molecule has 1 N–H and O–H groups in total. The summed E-state index contributed by atoms with van der Waals surface area (Å²) in [6, 6.07) is 12.5. The molecule has 0 aliphatic carbocycles. The van der Waals surface area contributed by atoms with Crippen molar-refractivity contribution < 1.29 is 9.18 Å². The van der Waals surface area contributed by atoms with Crippen molar-refractivity contribution >= 4 is 22.8 Å². The average molecular weight is 314 g/mol. The van der Waals surface area contributed by atoms with Crippen molar-refractivity contribution in [1.29, 1.82) is 0 Å². The van der Waals surface area contributed by atoms with Crippen LogP contribution in [0.2, 0.25) is 0 Å². The Kier molecular flexibility index (Phi) is 4.24. The summed E-state index contributed by atoms with van der Waals surface area (Å²) in [5.74, 6) is -0.134. The normalized spacial score (nSPS) is 13.8. The molecule has 2 aromatic rings. The van der Waals surface area contributed by atoms with Crippen LogP contribution in [0.15, 0.2) is 47.5 Å². The molecule has 1 aliphatic rings. The number of amidine groups is 1. The van der Waals surface area contributed by atoms with Crippen LogP contribution < -0.4 is 5.32 Å². The molecule has 0 atom stereocenters. The third-order valence-electron chi connectivity index (χ3n) is 3.40. The number of hydrogen-bond donors (Lipinski definition) is 1. The van der Waals surface area contributed by atoms with Crippen LogP contribution in [0.1, 0.15) is 15.9 Å². The lowest BCUT2D eigenvalue weighted by Gasteiger charge is -2.07. The van der Waals surface area contributed by atoms with Gasteiger partial charge in [-0.3, -0.25) is 9.79 Å². The fourth-order valence-corrected chi connectivity index (χ4v) is 2.92. The number of rotatable bonds is 2. The van der Waals surface area contributed by atoms with Crippen LogP contribution in [0.5, 0.6) is 0 Å². The number of thioether (sulfide) groups is 1. The number of nitrogens with zero attached hydrogens (tertiary/aromatic N) is 1. The maximum Gasteiger partial charge on any atom is 0.260 e. The molecule has 1 amide bonds. The molecule has 3 rings (SSSR count). The van der Waals surface area contributed by atoms with Gasteiger partial charge in [0.2, 0.25) is 0 Å². The molecule has 2 aromatic carbocycles. The van der Waals surface area contributed by atoms with E-state index in [4.69, 9.17) is 0 Å². The topological polar surface area (TPSA) is 41.5 Å². The summed E-state index contributed by atoms with van der Waals surface area (Å²) in [7, 11) is 0. The monoisotopic (exact) mass is 314 g/mol. The summed E-state index contributed by atoms with van der Waals surface area (Å²) >= 11 is 1.47. The van der Waals surface area contributed by atoms with Crippen molar-refractivity contribution in [1.82, 2.24) is 5.32 Å². The van der Waals surface area contributed by atoms with Crippen molar-refractivity contribution in [3.8, 4) is 11.1 Å². The van der Waals surface area contributed by atoms with Crippen molar-refractivity contribution in [3.05, 3.63) is 59.4 Å². The zero-order chi connectivity index (χ0) is 15.5. The molecule has 0 radical (unpaired) electrons. The van der Waals surface area contributed by atoms with Crippen LogP contribution in [0, 0.1) is 12.7 Å². The number of aliphatic imine (C=N–C) groups is 1. The molecule has 112 valence electrons. The number of amides is 1. The quantitative estimate of drug-likeness (QED) is 0.919. The fourth-order valence-electron chi connectivity index (χ4n) is 2.20. The molecule has 0 unspecified atom stereocenters. The van der Waals surface area contributed by atoms with Crippen LogP contribution in [0.25, 0.3) is 11.1 Å². The van der Waals surface area contributed by atoms with Gasteiger partial charge in [0.1, 0.15) is 5.82 Å². The van der Waals surface area contributed by atoms with Gasteiger partial charge in [-0.1, -0.05) is 47.7 Å². The molecule has 0 saturated heterocycles. The zero-order valence-electron chi connectivity index (χ0n) is 12.1. The van der Waals surface area contributed by atoms with E-state index in [-0.39, 0.29) is 5.56 Å². The van der Waals surface area contributed by atoms with Crippen LogP contribution in [-0.4, -0.2) is 23.4 Å². The van der Waals surface area contributed by atoms with E-state index in [0.717, 1.165) is 22.4 Å². The second kappa shape index (κ2) is 6.32. The van der Waals surface area contributed by atoms with E-state index in [1.54, 1.807) is 6.07 Å². The minimum absolute atomic E-state index is 0.0334. The third kappa shape index (κ3) is 3.20. The molecule has 5 heteroatoms. The highest BCUT2D eigenvalue weighted by Gasteiger charge is 2.16. The maximum atomic E-state index is 14.2. The lowest BCUT2D eigenvalue weighted by atomic mass is 10.0. The summed E-state index contributed by atoms with van der Waals surface area (Å²) in [4.78, 5) is 16.2. The second-order valence-electron chi connectivity index (χ2n) is 5.05. The van der Waals surface area contributed by atoms with Gasteiger partial charge < -0.3 is 5.32 Å². The van der Waals surface area contributed by atoms with Gasteiger partial charge >= 0.3 is 0 Å². The highest BCUT2D eigenvalue weighted by atomic mass is 32.2. The molecule has 0 saturated carbocycles. The van der Waals surface area contributed by atoms with Crippen molar-refractivity contribution in [2.24, 2.45) is 4.99 Å². The summed E-state index contributed by atoms with van der Waals surface area (Å²) in [5.41, 5.74) is 2.86. The molecular formula is C17H15FN2OS. The molecular weight excluding hydrogens is 299 g/mol. The Balaban J connectivity index is 1.82. The molecule has 0 bridgehead atoms. The Morgan fingerprint density at radius 3 is 2.55 bits per heavy atom. The standard InChI is InChI=1S/C17H15FN2OS/c1-11-2-4-12(5-3-11)13-6-7-14(15(18)10-13)16(21)20-17-19-8-9-22-17/h2-7,10H,8-9H2,1H3,(H,19,20,21). The first-order valence-corrected chi connectivity index (χ1v) is 7.97. The predicted octanol–water partition coefficient (Wildman–Crippen LogP) is 3.63. The number of halogens is 1. The lowest BCUT2D eigenvalue weighted by molar-refractivity contribution is 0.0974. The Hall–Kier alpha value is -2.14. The van der Waals surface area contributed by atoms with E-state index in [9.17, 15) is 9.18 Å². The lowest BCUT2D eigenvalue weighted by Crippen LogP contribution is -2.28. The molecule has 1 aliphatic heterocycles. The third-order valence-corrected chi connectivity index (χ3v) is 4.30. The van der Waals surface area contributed by atoms with Gasteiger partial charge in [-0.25, -0.2) is 4.39 Å². The van der Waals surface area contributed by atoms with Gasteiger partial charge in [-0.05, 0) is 30.2 Å². The van der Waals surface area contributed by atoms with Crippen molar-refractivity contribution in [3.63, 3.8) is 0 Å². The summed E-state index contributed by atoms with van der Waals surface area (Å²) in [6.45, 7) is 2.69. The minimum Gasteiger partial charge on any atom is -0.301 e. The minimum atomic E-state index is -0.529. The summed E-state index contributed by atoms with van der Waals surface area (Å²) < 4.78 is 14.2. The Morgan fingerprint density at radius 2 is 1.91 bits per heavy atom. The molecule has 0 spiro atoms. The molecule has 22 heavy (non-hydrogen) atoms. The fraction of sp³-hybridized carbons (Fsp3) is 0.176. The SMILES string of the molecule is Cc1ccc(-c2ccc(C(=O)NC3=NCCS3)c(F)c2)cc1. The van der Waals surface area contributed by atoms with Gasteiger partial charge in [0.25, 0.3) is 5.91 Å². The molecule has 0 fully saturated rings. The number of benzene rings is 2. The van der Waals surface area contributed by atoms with Gasteiger partial charge in [-0.15, -0.1) is 0 Å². The van der Waals surface area contributed by atoms with Crippen LogP contribution in [0.3, 0.4) is 0 Å². The summed E-state index contributed by atoms with van der Waals surface area (Å²) in [5, 5.41) is 3.20. The number of carbonyl (C=O) groups is 1. The molecule has 0 aromatic heterocycles. The Labute approximate surface area is 132 Å². The second-order valence-corrected chi connectivity index (χ2v) is 6.13. The first kappa shape index (κ1) is 14.8. The van der Waals surface area contributed by atoms with Crippen molar-refractivity contribution in [2.75, 3.05) is 12.3 Å². The highest BCUT2D eigenvalue weighted by molar-refractivity contribution is 8.14. The summed E-state index contributed by atoms with van der Waals surface area (Å²) in [6.07, 6.45) is 0. The van der Waals surface area contributed by atoms with E-state index in [0.29, 0.717) is 11.7 Å². The Morgan fingerprint density at radius 1 is 1.18 bits per heavy atom. The van der Waals surface area contributed by atoms with Gasteiger partial charge in [-0.2, -0.15) is 0 Å². The zero-order valence-corrected chi connectivity index (χ0v) is 12.9. The van der Waals surface area contributed by atoms with Crippen LogP contribution in [-0.2, 0) is 0 Å². The van der Waals surface area contributed by atoms with E-state index in [1.807, 2.05) is 31.2 Å². The van der Waals surface area contributed by atoms with Gasteiger partial charge in [0.15, 0.2) is 5.17 Å². The van der Waals surface area contributed by atoms with E-state index in [1.165, 1.54) is 23.9 Å². The molecule has 1 heterocycles. The largest absolute Gasteiger partial charge is 0.301 e. The van der Waals surface area contributed by atoms with Crippen LogP contribution >= 0.6 is 11.8 Å².